The van der Waals surface area contributed by atoms with E-state index in [9.17, 15) is 0 Å². The molecule has 0 aromatic rings. The van der Waals surface area contributed by atoms with Crippen LogP contribution in [0.25, 0.3) is 0 Å². The Morgan fingerprint density at radius 3 is 1.50 bits per heavy atom. The summed E-state index contributed by atoms with van der Waals surface area (Å²) >= 11 is 1.02. The second-order valence-corrected chi connectivity index (χ2v) is 8.42. The Morgan fingerprint density at radius 2 is 1.21 bits per heavy atom. The van der Waals surface area contributed by atoms with Crippen LogP contribution in [0.1, 0.15) is 25.7 Å². The van der Waals surface area contributed by atoms with Gasteiger partial charge in [0.15, 0.2) is 0 Å². The van der Waals surface area contributed by atoms with Crippen LogP contribution in [-0.4, -0.2) is 69.7 Å². The Bertz CT molecular complexity index is 112. The van der Waals surface area contributed by atoms with Gasteiger partial charge in [-0.1, -0.05) is 0 Å². The van der Waals surface area contributed by atoms with Gasteiger partial charge in [-0.3, -0.25) is 0 Å². The third-order valence-corrected chi connectivity index (χ3v) is 5.03. The van der Waals surface area contributed by atoms with E-state index in [1.165, 1.54) is 38.8 Å². The van der Waals surface area contributed by atoms with Crippen molar-refractivity contribution in [1.29, 1.82) is 0 Å². The van der Waals surface area contributed by atoms with E-state index in [2.05, 4.69) is 38.0 Å². The summed E-state index contributed by atoms with van der Waals surface area (Å²) in [6, 6.07) is 0. The predicted octanol–water partition coefficient (Wildman–Crippen LogP) is 1.09. The molecule has 0 unspecified atom stereocenters. The maximum atomic E-state index is 2.29. The minimum atomic E-state index is 1.02. The zero-order valence-corrected chi connectivity index (χ0v) is 14.9. The van der Waals surface area contributed by atoms with Gasteiger partial charge in [-0.2, -0.15) is 0 Å². The standard InChI is InChI=1S/C11H25N2.Ga.2H/c1-12(2)10-8-6-5-7-9-11-13(3)4;;;/h5H,6-11H2,1-4H3;;;. The Balaban J connectivity index is 3.23. The number of nitrogens with zero attached hydrogens (tertiary/aromatic N) is 2. The van der Waals surface area contributed by atoms with Gasteiger partial charge in [0.05, 0.1) is 0 Å². The molecule has 0 spiro atoms. The third kappa shape index (κ3) is 10.6. The molecule has 0 rings (SSSR count). The summed E-state index contributed by atoms with van der Waals surface area (Å²) in [5, 5.41) is 0. The van der Waals surface area contributed by atoms with Crippen LogP contribution < -0.4 is 0 Å². The summed E-state index contributed by atoms with van der Waals surface area (Å²) in [5.74, 6) is 0. The molecule has 14 heavy (non-hydrogen) atoms. The van der Waals surface area contributed by atoms with Crippen molar-refractivity contribution in [2.75, 3.05) is 41.3 Å². The van der Waals surface area contributed by atoms with E-state index in [4.69, 9.17) is 0 Å². The van der Waals surface area contributed by atoms with Crippen LogP contribution in [0.3, 0.4) is 0 Å². The third-order valence-electron chi connectivity index (χ3n) is 2.60. The molecule has 0 bridgehead atoms. The van der Waals surface area contributed by atoms with Gasteiger partial charge >= 0.3 is 99.8 Å². The molecule has 0 aromatic heterocycles. The first kappa shape index (κ1) is 14.6. The summed E-state index contributed by atoms with van der Waals surface area (Å²) in [4.78, 5) is 4.58. The topological polar surface area (TPSA) is 6.48 Å². The van der Waals surface area contributed by atoms with Gasteiger partial charge in [0.1, 0.15) is 0 Å². The molecular weight excluding hydrogens is 230 g/mol. The van der Waals surface area contributed by atoms with Crippen LogP contribution in [0.2, 0.25) is 4.47 Å². The Labute approximate surface area is 99.9 Å². The van der Waals surface area contributed by atoms with Crippen LogP contribution in [0, 0.1) is 0 Å². The zero-order chi connectivity index (χ0) is 11.0. The van der Waals surface area contributed by atoms with Gasteiger partial charge in [0.25, 0.3) is 0 Å². The summed E-state index contributed by atoms with van der Waals surface area (Å²) in [5.41, 5.74) is 0. The van der Waals surface area contributed by atoms with Crippen molar-refractivity contribution in [2.45, 2.75) is 30.2 Å². The number of hydrogen-bond acceptors (Lipinski definition) is 2. The summed E-state index contributed by atoms with van der Waals surface area (Å²) < 4.78 is 1.09. The molecule has 0 aliphatic heterocycles. The van der Waals surface area contributed by atoms with Crippen molar-refractivity contribution >= 4 is 18.6 Å². The van der Waals surface area contributed by atoms with Crippen LogP contribution >= 0.6 is 0 Å². The fourth-order valence-electron chi connectivity index (χ4n) is 1.66. The van der Waals surface area contributed by atoms with E-state index >= 15 is 0 Å². The fourth-order valence-corrected chi connectivity index (χ4v) is 3.37. The average Bonchev–Trinajstić information content (AvgIpc) is 2.02. The van der Waals surface area contributed by atoms with Crippen molar-refractivity contribution < 1.29 is 0 Å². The van der Waals surface area contributed by atoms with Gasteiger partial charge in [-0.05, 0) is 0 Å². The summed E-state index contributed by atoms with van der Waals surface area (Å²) in [7, 11) is 8.66. The monoisotopic (exact) mass is 256 g/mol. The number of rotatable bonds is 8. The molecule has 0 fully saturated rings. The van der Waals surface area contributed by atoms with Crippen LogP contribution in [0.15, 0.2) is 0 Å². The SMILES string of the molecule is CN(C)CCC[CH]([GaH2])CCCN(C)C. The second kappa shape index (κ2) is 8.83. The zero-order valence-electron chi connectivity index (χ0n) is 10.7. The molecule has 0 atom stereocenters. The molecule has 0 amide bonds. The van der Waals surface area contributed by atoms with Crippen molar-refractivity contribution in [3.8, 4) is 0 Å². The molecule has 0 heterocycles. The Kier molecular flexibility index (Phi) is 9.18. The molecule has 0 saturated heterocycles. The van der Waals surface area contributed by atoms with Crippen LogP contribution in [0.5, 0.6) is 0 Å². The van der Waals surface area contributed by atoms with E-state index in [0.29, 0.717) is 0 Å². The summed E-state index contributed by atoms with van der Waals surface area (Å²) in [6.07, 6.45) is 5.71. The van der Waals surface area contributed by atoms with Crippen LogP contribution in [-0.2, 0) is 0 Å². The molecule has 0 radical (unpaired) electrons. The molecule has 0 N–H and O–H groups in total. The van der Waals surface area contributed by atoms with Crippen molar-refractivity contribution in [1.82, 2.24) is 9.80 Å². The van der Waals surface area contributed by atoms with Gasteiger partial charge in [-0.15, -0.1) is 0 Å². The molecule has 2 nitrogen and oxygen atoms in total. The predicted molar refractivity (Wildman–Crippen MR) is 67.9 cm³/mol. The first-order chi connectivity index (χ1) is 6.52. The van der Waals surface area contributed by atoms with Crippen molar-refractivity contribution in [2.24, 2.45) is 0 Å². The second-order valence-electron chi connectivity index (χ2n) is 5.00. The minimum absolute atomic E-state index is 1.02. The van der Waals surface area contributed by atoms with Gasteiger partial charge in [0, 0.05) is 0 Å². The molecule has 3 heteroatoms. The Morgan fingerprint density at radius 1 is 0.857 bits per heavy atom. The fraction of sp³-hybridized carbons (Fsp3) is 1.00. The van der Waals surface area contributed by atoms with E-state index in [1.54, 1.807) is 0 Å². The maximum absolute atomic E-state index is 2.29. The molecular formula is C11H27GaN2. The van der Waals surface area contributed by atoms with Crippen LogP contribution in [0.4, 0.5) is 0 Å². The van der Waals surface area contributed by atoms with Crippen molar-refractivity contribution in [3.63, 3.8) is 0 Å². The number of hydrogen-bond donors (Lipinski definition) is 0. The first-order valence-electron chi connectivity index (χ1n) is 5.82. The molecule has 0 aliphatic carbocycles. The normalized spacial score (nSPS) is 11.9. The van der Waals surface area contributed by atoms with E-state index in [0.717, 1.165) is 23.1 Å². The van der Waals surface area contributed by atoms with Crippen molar-refractivity contribution in [3.05, 3.63) is 0 Å². The molecule has 0 aliphatic rings. The average molecular weight is 257 g/mol. The molecule has 0 aromatic carbocycles. The van der Waals surface area contributed by atoms with E-state index < -0.39 is 0 Å². The van der Waals surface area contributed by atoms with Gasteiger partial charge in [-0.25, -0.2) is 0 Å². The first-order valence-corrected chi connectivity index (χ1v) is 8.24. The molecule has 84 valence electrons. The summed E-state index contributed by atoms with van der Waals surface area (Å²) in [6.45, 7) is 2.53. The van der Waals surface area contributed by atoms with Gasteiger partial charge < -0.3 is 0 Å². The quantitative estimate of drug-likeness (QED) is 0.600. The van der Waals surface area contributed by atoms with E-state index in [-0.39, 0.29) is 0 Å². The van der Waals surface area contributed by atoms with E-state index in [1.807, 2.05) is 0 Å². The Hall–Kier alpha value is 0.556. The van der Waals surface area contributed by atoms with Gasteiger partial charge in [0.2, 0.25) is 0 Å². The molecule has 0 saturated carbocycles.